The van der Waals surface area contributed by atoms with Crippen LogP contribution < -0.4 is 0 Å². The second-order valence-corrected chi connectivity index (χ2v) is 2.97. The lowest BCUT2D eigenvalue weighted by molar-refractivity contribution is 0.308. The summed E-state index contributed by atoms with van der Waals surface area (Å²) in [7, 11) is 2.05. The monoisotopic (exact) mass is 169 g/mol. The Bertz CT molecular complexity index is 234. The molecule has 0 atom stereocenters. The highest BCUT2D eigenvalue weighted by molar-refractivity contribution is 4.82. The van der Waals surface area contributed by atoms with E-state index in [0.717, 1.165) is 25.3 Å². The molecule has 0 spiro atoms. The lowest BCUT2D eigenvalue weighted by Crippen LogP contribution is -2.19. The number of hydrogen-bond donors (Lipinski definition) is 0. The minimum atomic E-state index is 0.634. The normalized spacial score (nSPS) is 11.0. The van der Waals surface area contributed by atoms with E-state index in [-0.39, 0.29) is 0 Å². The molecule has 68 valence electrons. The van der Waals surface area contributed by atoms with E-state index in [1.807, 2.05) is 0 Å². The van der Waals surface area contributed by atoms with Crippen LogP contribution in [0.2, 0.25) is 0 Å². The van der Waals surface area contributed by atoms with Gasteiger partial charge in [0.25, 0.3) is 0 Å². The van der Waals surface area contributed by atoms with Gasteiger partial charge in [-0.15, -0.1) is 0 Å². The van der Waals surface area contributed by atoms with Crippen molar-refractivity contribution in [3.8, 4) is 0 Å². The van der Waals surface area contributed by atoms with Crippen molar-refractivity contribution >= 4 is 0 Å². The minimum absolute atomic E-state index is 0.634. The SMILES string of the molecule is CCCN(C)Cc1noc(C)n1. The van der Waals surface area contributed by atoms with Crippen LogP contribution >= 0.6 is 0 Å². The molecule has 12 heavy (non-hydrogen) atoms. The second-order valence-electron chi connectivity index (χ2n) is 2.97. The Morgan fingerprint density at radius 1 is 1.50 bits per heavy atom. The van der Waals surface area contributed by atoms with Gasteiger partial charge in [0.2, 0.25) is 5.89 Å². The van der Waals surface area contributed by atoms with Gasteiger partial charge in [-0.05, 0) is 20.0 Å². The van der Waals surface area contributed by atoms with E-state index in [0.29, 0.717) is 5.89 Å². The molecular formula is C8H15N3O. The number of nitrogens with zero attached hydrogens (tertiary/aromatic N) is 3. The van der Waals surface area contributed by atoms with Crippen molar-refractivity contribution in [3.63, 3.8) is 0 Å². The number of hydrogen-bond acceptors (Lipinski definition) is 4. The molecule has 1 heterocycles. The smallest absolute Gasteiger partial charge is 0.223 e. The fourth-order valence-electron chi connectivity index (χ4n) is 1.11. The summed E-state index contributed by atoms with van der Waals surface area (Å²) in [5, 5.41) is 3.81. The molecule has 0 fully saturated rings. The van der Waals surface area contributed by atoms with Crippen LogP contribution in [0.25, 0.3) is 0 Å². The van der Waals surface area contributed by atoms with E-state index in [1.165, 1.54) is 0 Å². The lowest BCUT2D eigenvalue weighted by Gasteiger charge is -2.11. The molecule has 0 unspecified atom stereocenters. The molecule has 1 aromatic rings. The molecule has 0 aromatic carbocycles. The zero-order valence-electron chi connectivity index (χ0n) is 7.87. The highest BCUT2D eigenvalue weighted by Crippen LogP contribution is 1.99. The minimum Gasteiger partial charge on any atom is -0.340 e. The maximum Gasteiger partial charge on any atom is 0.223 e. The van der Waals surface area contributed by atoms with E-state index in [2.05, 4.69) is 29.0 Å². The molecule has 0 amide bonds. The first-order valence-corrected chi connectivity index (χ1v) is 4.20. The molecule has 0 saturated carbocycles. The van der Waals surface area contributed by atoms with E-state index in [9.17, 15) is 0 Å². The van der Waals surface area contributed by atoms with Crippen LogP contribution in [0.15, 0.2) is 4.52 Å². The molecule has 0 radical (unpaired) electrons. The van der Waals surface area contributed by atoms with Crippen molar-refractivity contribution in [3.05, 3.63) is 11.7 Å². The molecule has 1 rings (SSSR count). The van der Waals surface area contributed by atoms with E-state index < -0.39 is 0 Å². The summed E-state index contributed by atoms with van der Waals surface area (Å²) in [6.45, 7) is 5.78. The Labute approximate surface area is 72.6 Å². The summed E-state index contributed by atoms with van der Waals surface area (Å²) in [5.74, 6) is 1.40. The van der Waals surface area contributed by atoms with Crippen molar-refractivity contribution in [2.24, 2.45) is 0 Å². The first kappa shape index (κ1) is 9.19. The molecule has 0 saturated heterocycles. The van der Waals surface area contributed by atoms with Gasteiger partial charge in [-0.3, -0.25) is 4.90 Å². The third-order valence-electron chi connectivity index (χ3n) is 1.59. The molecule has 0 aliphatic heterocycles. The maximum absolute atomic E-state index is 4.86. The van der Waals surface area contributed by atoms with E-state index >= 15 is 0 Å². The van der Waals surface area contributed by atoms with Crippen LogP contribution in [0.4, 0.5) is 0 Å². The predicted octanol–water partition coefficient (Wildman–Crippen LogP) is 1.22. The summed E-state index contributed by atoms with van der Waals surface area (Å²) >= 11 is 0. The van der Waals surface area contributed by atoms with Gasteiger partial charge >= 0.3 is 0 Å². The van der Waals surface area contributed by atoms with Gasteiger partial charge < -0.3 is 4.52 Å². The van der Waals surface area contributed by atoms with E-state index in [4.69, 9.17) is 4.52 Å². The summed E-state index contributed by atoms with van der Waals surface area (Å²) in [5.41, 5.74) is 0. The number of aromatic nitrogens is 2. The zero-order chi connectivity index (χ0) is 8.97. The molecule has 4 nitrogen and oxygen atoms in total. The van der Waals surface area contributed by atoms with E-state index in [1.54, 1.807) is 6.92 Å². The van der Waals surface area contributed by atoms with Crippen molar-refractivity contribution < 1.29 is 4.52 Å². The number of rotatable bonds is 4. The van der Waals surface area contributed by atoms with Crippen LogP contribution in [0.1, 0.15) is 25.1 Å². The quantitative estimate of drug-likeness (QED) is 0.679. The first-order chi connectivity index (χ1) is 5.72. The Morgan fingerprint density at radius 2 is 2.25 bits per heavy atom. The summed E-state index contributed by atoms with van der Waals surface area (Å²) in [6.07, 6.45) is 1.15. The van der Waals surface area contributed by atoms with Gasteiger partial charge in [-0.25, -0.2) is 0 Å². The van der Waals surface area contributed by atoms with Crippen molar-refractivity contribution in [1.29, 1.82) is 0 Å². The third kappa shape index (κ3) is 2.62. The van der Waals surface area contributed by atoms with Crippen LogP contribution in [0, 0.1) is 6.92 Å². The molecule has 4 heteroatoms. The fraction of sp³-hybridized carbons (Fsp3) is 0.750. The maximum atomic E-state index is 4.86. The number of aryl methyl sites for hydroxylation is 1. The standard InChI is InChI=1S/C8H15N3O/c1-4-5-11(3)6-8-9-7(2)12-10-8/h4-6H2,1-3H3. The van der Waals surface area contributed by atoms with Crippen molar-refractivity contribution in [2.45, 2.75) is 26.8 Å². The summed E-state index contributed by atoms with van der Waals surface area (Å²) in [6, 6.07) is 0. The third-order valence-corrected chi connectivity index (χ3v) is 1.59. The van der Waals surface area contributed by atoms with Gasteiger partial charge in [0.05, 0.1) is 6.54 Å². The second kappa shape index (κ2) is 4.21. The average Bonchev–Trinajstić information content (AvgIpc) is 2.36. The molecule has 1 aromatic heterocycles. The Kier molecular flexibility index (Phi) is 3.22. The van der Waals surface area contributed by atoms with Gasteiger partial charge in [0.1, 0.15) is 0 Å². The summed E-state index contributed by atoms with van der Waals surface area (Å²) < 4.78 is 4.86. The van der Waals surface area contributed by atoms with Gasteiger partial charge in [-0.1, -0.05) is 12.1 Å². The molecule has 0 aliphatic carbocycles. The Balaban J connectivity index is 2.41. The fourth-order valence-corrected chi connectivity index (χ4v) is 1.11. The van der Waals surface area contributed by atoms with Crippen molar-refractivity contribution in [1.82, 2.24) is 15.0 Å². The molecule has 0 aliphatic rings. The predicted molar refractivity (Wildman–Crippen MR) is 45.7 cm³/mol. The lowest BCUT2D eigenvalue weighted by atomic mass is 10.4. The highest BCUT2D eigenvalue weighted by Gasteiger charge is 2.04. The zero-order valence-corrected chi connectivity index (χ0v) is 7.87. The van der Waals surface area contributed by atoms with Crippen LogP contribution in [-0.4, -0.2) is 28.6 Å². The topological polar surface area (TPSA) is 42.2 Å². The largest absolute Gasteiger partial charge is 0.340 e. The van der Waals surface area contributed by atoms with Crippen molar-refractivity contribution in [2.75, 3.05) is 13.6 Å². The van der Waals surface area contributed by atoms with Gasteiger partial charge in [0.15, 0.2) is 5.82 Å². The van der Waals surface area contributed by atoms with Crippen LogP contribution in [0.5, 0.6) is 0 Å². The summed E-state index contributed by atoms with van der Waals surface area (Å²) in [4.78, 5) is 6.28. The van der Waals surface area contributed by atoms with Gasteiger partial charge in [-0.2, -0.15) is 4.98 Å². The first-order valence-electron chi connectivity index (χ1n) is 4.20. The Morgan fingerprint density at radius 3 is 2.75 bits per heavy atom. The molecule has 0 bridgehead atoms. The van der Waals surface area contributed by atoms with Gasteiger partial charge in [0, 0.05) is 6.92 Å². The highest BCUT2D eigenvalue weighted by atomic mass is 16.5. The molecule has 0 N–H and O–H groups in total. The van der Waals surface area contributed by atoms with Crippen LogP contribution in [0.3, 0.4) is 0 Å². The van der Waals surface area contributed by atoms with Crippen LogP contribution in [-0.2, 0) is 6.54 Å². The Hall–Kier alpha value is -0.900. The average molecular weight is 169 g/mol. The molecular weight excluding hydrogens is 154 g/mol.